The molecule has 4 nitrogen and oxygen atoms in total. The van der Waals surface area contributed by atoms with Crippen LogP contribution in [0.3, 0.4) is 0 Å². The number of hydrogen-bond acceptors (Lipinski definition) is 4. The van der Waals surface area contributed by atoms with Crippen molar-refractivity contribution in [2.75, 3.05) is 0 Å². The highest BCUT2D eigenvalue weighted by molar-refractivity contribution is 7.06. The molecule has 2 aliphatic heterocycles. The third kappa shape index (κ3) is 6.31. The molecular weight excluding hydrogens is 717 g/mol. The van der Waals surface area contributed by atoms with Crippen LogP contribution in [-0.4, -0.2) is 33.8 Å². The lowest BCUT2D eigenvalue weighted by Gasteiger charge is -2.30. The Morgan fingerprint density at radius 2 is 0.932 bits per heavy atom. The van der Waals surface area contributed by atoms with Crippen molar-refractivity contribution in [2.45, 2.75) is 0 Å². The van der Waals surface area contributed by atoms with E-state index in [-0.39, 0.29) is 6.71 Å². The maximum Gasteiger partial charge on any atom is 0.239 e. The van der Waals surface area contributed by atoms with E-state index >= 15 is 0 Å². The summed E-state index contributed by atoms with van der Waals surface area (Å²) < 4.78 is 0. The number of hydrogen-bond donors (Lipinski definition) is 0. The van der Waals surface area contributed by atoms with Crippen LogP contribution in [0.5, 0.6) is 0 Å². The summed E-state index contributed by atoms with van der Waals surface area (Å²) in [4.78, 5) is 22.7. The number of aldehydes is 2. The highest BCUT2D eigenvalue weighted by Crippen LogP contribution is 2.29. The highest BCUT2D eigenvalue weighted by Gasteiger charge is 2.36. The van der Waals surface area contributed by atoms with Gasteiger partial charge in [0.15, 0.2) is 14.6 Å². The summed E-state index contributed by atoms with van der Waals surface area (Å²) in [6.45, 7) is -0.0402. The largest absolute Gasteiger partial charge is 0.298 e. The van der Waals surface area contributed by atoms with Gasteiger partial charge in [0.25, 0.3) is 0 Å². The molecule has 0 bridgehead atoms. The number of fused-ring (bicyclic) bond motifs is 5. The zero-order valence-corrected chi connectivity index (χ0v) is 31.9. The van der Waals surface area contributed by atoms with Gasteiger partial charge in [0, 0.05) is 11.1 Å². The Hall–Kier alpha value is -7.73. The second-order valence-electron chi connectivity index (χ2n) is 15.4. The predicted molar refractivity (Wildman–Crippen MR) is 244 cm³/mol. The van der Waals surface area contributed by atoms with Crippen molar-refractivity contribution < 1.29 is 9.59 Å². The van der Waals surface area contributed by atoms with E-state index in [4.69, 9.17) is 0 Å². The Labute approximate surface area is 344 Å². The number of benzene rings is 8. The molecule has 0 amide bonds. The minimum atomic E-state index is -0.0402. The van der Waals surface area contributed by atoms with Crippen LogP contribution >= 0.6 is 0 Å². The summed E-state index contributed by atoms with van der Waals surface area (Å²) >= 11 is 0. The molecule has 0 aromatic heterocycles. The first-order valence-corrected chi connectivity index (χ1v) is 19.7. The highest BCUT2D eigenvalue weighted by atomic mass is 16.1. The topological polar surface area (TPSA) is 81.7 Å². The molecule has 0 spiro atoms. The van der Waals surface area contributed by atoms with E-state index in [1.165, 1.54) is 54.9 Å². The molecule has 0 saturated heterocycles. The fourth-order valence-corrected chi connectivity index (χ4v) is 9.23. The molecule has 0 saturated carbocycles. The van der Waals surface area contributed by atoms with E-state index in [0.717, 1.165) is 58.8 Å². The van der Waals surface area contributed by atoms with Gasteiger partial charge in [-0.1, -0.05) is 172 Å². The lowest BCUT2D eigenvalue weighted by molar-refractivity contribution is 0.111. The second kappa shape index (κ2) is 14.7. The van der Waals surface area contributed by atoms with Gasteiger partial charge in [-0.15, -0.1) is 0 Å². The molecule has 8 aromatic rings. The Balaban J connectivity index is 1.13. The quantitative estimate of drug-likeness (QED) is 0.164. The van der Waals surface area contributed by atoms with Gasteiger partial charge >= 0.3 is 0 Å². The van der Waals surface area contributed by atoms with E-state index in [0.29, 0.717) is 29.5 Å². The average Bonchev–Trinajstić information content (AvgIpc) is 3.69. The van der Waals surface area contributed by atoms with Crippen molar-refractivity contribution in [3.63, 3.8) is 0 Å². The van der Waals surface area contributed by atoms with E-state index in [1.807, 2.05) is 60.7 Å². The summed E-state index contributed by atoms with van der Waals surface area (Å²) in [6.07, 6.45) is 1.74. The monoisotopic (exact) mass is 748 g/mol. The van der Waals surface area contributed by atoms with Crippen LogP contribution in [0.15, 0.2) is 164 Å². The number of rotatable bonds is 7. The normalized spacial score (nSPS) is 11.7. The van der Waals surface area contributed by atoms with Crippen molar-refractivity contribution in [1.29, 1.82) is 10.5 Å². The Morgan fingerprint density at radius 1 is 0.407 bits per heavy atom. The lowest BCUT2D eigenvalue weighted by Crippen LogP contribution is -2.70. The van der Waals surface area contributed by atoms with Crippen molar-refractivity contribution in [3.05, 3.63) is 186 Å². The lowest BCUT2D eigenvalue weighted by atomic mass is 9.26. The van der Waals surface area contributed by atoms with E-state index in [2.05, 4.69) is 109 Å². The SMILES string of the molecule is N#Cc1cc(C#N)cc(-c2ccc3c(c2)Bc2c(cccc2-c2cccc(-c4ccc(C=O)cc4)c2)B3c2cccc3c2Bc2ccc(-c4ccc(C=O)cc4)cc2-3)c1. The molecular formula is C52H31B3N2O2. The molecule has 0 radical (unpaired) electrons. The van der Waals surface area contributed by atoms with Crippen LogP contribution in [0, 0.1) is 22.7 Å². The molecule has 7 heteroatoms. The molecule has 2 heterocycles. The van der Waals surface area contributed by atoms with Gasteiger partial charge < -0.3 is 0 Å². The molecule has 0 fully saturated rings. The van der Waals surface area contributed by atoms with E-state index in [9.17, 15) is 20.1 Å². The summed E-state index contributed by atoms with van der Waals surface area (Å²) in [5.41, 5.74) is 22.1. The van der Waals surface area contributed by atoms with Crippen LogP contribution in [0.2, 0.25) is 0 Å². The average molecular weight is 748 g/mol. The van der Waals surface area contributed by atoms with Crippen molar-refractivity contribution in [1.82, 2.24) is 0 Å². The Kier molecular flexibility index (Phi) is 8.86. The third-order valence-electron chi connectivity index (χ3n) is 12.1. The second-order valence-corrected chi connectivity index (χ2v) is 15.4. The summed E-state index contributed by atoms with van der Waals surface area (Å²) in [7, 11) is 1.54. The van der Waals surface area contributed by atoms with Crippen LogP contribution < -0.4 is 38.2 Å². The minimum Gasteiger partial charge on any atom is -0.298 e. The summed E-state index contributed by atoms with van der Waals surface area (Å²) in [6, 6.07) is 60.7. The first-order valence-electron chi connectivity index (χ1n) is 19.7. The van der Waals surface area contributed by atoms with Gasteiger partial charge in [-0.05, 0) is 86.0 Å². The van der Waals surface area contributed by atoms with E-state index < -0.39 is 0 Å². The first kappa shape index (κ1) is 35.7. The van der Waals surface area contributed by atoms with Crippen LogP contribution in [0.25, 0.3) is 55.6 Å². The van der Waals surface area contributed by atoms with Crippen LogP contribution in [-0.2, 0) is 0 Å². The van der Waals surface area contributed by atoms with Gasteiger partial charge in [0.1, 0.15) is 12.6 Å². The van der Waals surface area contributed by atoms with Gasteiger partial charge in [0.05, 0.1) is 23.3 Å². The third-order valence-corrected chi connectivity index (χ3v) is 12.1. The molecule has 0 atom stereocenters. The van der Waals surface area contributed by atoms with Gasteiger partial charge in [-0.2, -0.15) is 10.5 Å². The maximum atomic E-state index is 11.4. The van der Waals surface area contributed by atoms with Crippen LogP contribution in [0.1, 0.15) is 31.8 Å². The molecule has 2 aliphatic rings. The molecule has 0 N–H and O–H groups in total. The minimum absolute atomic E-state index is 0.0402. The molecule has 0 aliphatic carbocycles. The zero-order valence-electron chi connectivity index (χ0n) is 31.9. The Bertz CT molecular complexity index is 3090. The summed E-state index contributed by atoms with van der Waals surface area (Å²) in [5.74, 6) is 0. The molecule has 8 aromatic carbocycles. The van der Waals surface area contributed by atoms with Crippen molar-refractivity contribution in [3.8, 4) is 67.8 Å². The number of carbonyl (C=O) groups is 2. The fourth-order valence-electron chi connectivity index (χ4n) is 9.23. The van der Waals surface area contributed by atoms with Crippen molar-refractivity contribution in [2.24, 2.45) is 0 Å². The first-order chi connectivity index (χ1) is 29.0. The smallest absolute Gasteiger partial charge is 0.239 e. The summed E-state index contributed by atoms with van der Waals surface area (Å²) in [5, 5.41) is 19.6. The van der Waals surface area contributed by atoms with Crippen LogP contribution in [0.4, 0.5) is 0 Å². The fraction of sp³-hybridized carbons (Fsp3) is 0. The standard InChI is InChI=1S/C52H31B3N2O2/c56-28-34-22-35(29-57)24-42(23-34)40-19-21-48-47(27-40)54-51-43(41-5-1-4-38(25-41)36-14-10-32(30-58)11-15-36)6-2-8-49(51)55(48)50-9-3-7-44-45-26-39(18-20-46(45)53-52(44)50)37-16-12-33(31-59)13-17-37/h1-27,30-31,53-54H. The Morgan fingerprint density at radius 3 is 1.58 bits per heavy atom. The van der Waals surface area contributed by atoms with Gasteiger partial charge in [-0.3, -0.25) is 9.59 Å². The van der Waals surface area contributed by atoms with E-state index in [1.54, 1.807) is 6.07 Å². The zero-order chi connectivity index (χ0) is 40.0. The molecule has 10 rings (SSSR count). The predicted octanol–water partition coefficient (Wildman–Crippen LogP) is 5.31. The maximum absolute atomic E-state index is 11.4. The molecule has 59 heavy (non-hydrogen) atoms. The van der Waals surface area contributed by atoms with Gasteiger partial charge in [-0.25, -0.2) is 0 Å². The molecule has 0 unspecified atom stereocenters. The number of carbonyl (C=O) groups excluding carboxylic acids is 2. The van der Waals surface area contributed by atoms with Gasteiger partial charge in [0.2, 0.25) is 6.71 Å². The number of nitrogens with zero attached hydrogens (tertiary/aromatic N) is 2. The number of nitriles is 2. The molecule has 270 valence electrons. The van der Waals surface area contributed by atoms with Crippen molar-refractivity contribution >= 4 is 72.1 Å².